The van der Waals surface area contributed by atoms with Crippen molar-refractivity contribution < 1.29 is 4.79 Å². The molecule has 1 heterocycles. The Kier molecular flexibility index (Phi) is 6.65. The van der Waals surface area contributed by atoms with Crippen molar-refractivity contribution in [2.45, 2.75) is 52.1 Å². The molecule has 4 heteroatoms. The number of hydrogen-bond acceptors (Lipinski definition) is 3. The summed E-state index contributed by atoms with van der Waals surface area (Å²) in [6, 6.07) is 0.975. The second-order valence-electron chi connectivity index (χ2n) is 5.29. The molecular weight excluding hydrogens is 226 g/mol. The molecule has 2 atom stereocenters. The fraction of sp³-hybridized carbons (Fsp3) is 0.929. The number of nitrogens with one attached hydrogen (secondary N) is 1. The molecule has 1 aliphatic rings. The quantitative estimate of drug-likeness (QED) is 0.777. The molecule has 0 aromatic heterocycles. The van der Waals surface area contributed by atoms with E-state index in [-0.39, 0.29) is 5.91 Å². The Morgan fingerprint density at radius 1 is 1.44 bits per heavy atom. The molecule has 0 bridgehead atoms. The number of amides is 1. The molecule has 1 aliphatic heterocycles. The average molecular weight is 255 g/mol. The van der Waals surface area contributed by atoms with Crippen LogP contribution in [0.25, 0.3) is 0 Å². The predicted octanol–water partition coefficient (Wildman–Crippen LogP) is 1.32. The molecule has 0 aliphatic carbocycles. The molecule has 18 heavy (non-hydrogen) atoms. The predicted molar refractivity (Wildman–Crippen MR) is 75.7 cm³/mol. The first kappa shape index (κ1) is 15.4. The summed E-state index contributed by atoms with van der Waals surface area (Å²) >= 11 is 0. The molecule has 0 spiro atoms. The van der Waals surface area contributed by atoms with Crippen LogP contribution in [0.4, 0.5) is 0 Å². The maximum absolute atomic E-state index is 12.0. The zero-order chi connectivity index (χ0) is 13.5. The van der Waals surface area contributed by atoms with Crippen molar-refractivity contribution >= 4 is 5.91 Å². The number of nitrogens with zero attached hydrogens (tertiary/aromatic N) is 2. The Morgan fingerprint density at radius 2 is 2.17 bits per heavy atom. The Labute approximate surface area is 112 Å². The minimum Gasteiger partial charge on any atom is -0.345 e. The molecule has 0 saturated carbocycles. The highest BCUT2D eigenvalue weighted by Crippen LogP contribution is 2.19. The first-order chi connectivity index (χ1) is 8.60. The van der Waals surface area contributed by atoms with Crippen LogP contribution in [-0.2, 0) is 4.79 Å². The number of likely N-dealkylation sites (N-methyl/N-ethyl adjacent to an activating group) is 2. The third kappa shape index (κ3) is 4.25. The largest absolute Gasteiger partial charge is 0.345 e. The third-order valence-electron chi connectivity index (χ3n) is 4.01. The molecule has 1 saturated heterocycles. The fourth-order valence-corrected chi connectivity index (χ4v) is 2.71. The monoisotopic (exact) mass is 255 g/mol. The molecule has 106 valence electrons. The van der Waals surface area contributed by atoms with E-state index in [1.54, 1.807) is 0 Å². The van der Waals surface area contributed by atoms with Crippen LogP contribution in [0.1, 0.15) is 40.0 Å². The third-order valence-corrected chi connectivity index (χ3v) is 4.01. The summed E-state index contributed by atoms with van der Waals surface area (Å²) in [6.45, 7) is 9.82. The summed E-state index contributed by atoms with van der Waals surface area (Å²) in [6.07, 6.45) is 3.71. The maximum atomic E-state index is 12.0. The Hall–Kier alpha value is -0.610. The van der Waals surface area contributed by atoms with Gasteiger partial charge in [0.25, 0.3) is 0 Å². The Morgan fingerprint density at radius 3 is 2.78 bits per heavy atom. The van der Waals surface area contributed by atoms with E-state index in [0.717, 1.165) is 19.6 Å². The van der Waals surface area contributed by atoms with Crippen molar-refractivity contribution in [1.82, 2.24) is 15.1 Å². The van der Waals surface area contributed by atoms with E-state index in [0.29, 0.717) is 18.6 Å². The van der Waals surface area contributed by atoms with Gasteiger partial charge in [-0.2, -0.15) is 0 Å². The fourth-order valence-electron chi connectivity index (χ4n) is 2.71. The van der Waals surface area contributed by atoms with Gasteiger partial charge in [0.2, 0.25) is 5.91 Å². The summed E-state index contributed by atoms with van der Waals surface area (Å²) < 4.78 is 0. The van der Waals surface area contributed by atoms with Gasteiger partial charge in [0.05, 0.1) is 6.54 Å². The zero-order valence-corrected chi connectivity index (χ0v) is 12.4. The van der Waals surface area contributed by atoms with Crippen molar-refractivity contribution in [3.8, 4) is 0 Å². The van der Waals surface area contributed by atoms with Crippen LogP contribution < -0.4 is 5.32 Å². The van der Waals surface area contributed by atoms with Gasteiger partial charge < -0.3 is 10.2 Å². The second kappa shape index (κ2) is 7.74. The minimum atomic E-state index is 0.244. The molecule has 1 fully saturated rings. The first-order valence-corrected chi connectivity index (χ1v) is 7.31. The number of piperidine rings is 1. The highest BCUT2D eigenvalue weighted by molar-refractivity contribution is 5.78. The number of likely N-dealkylation sites (tertiary alicyclic amines) is 1. The van der Waals surface area contributed by atoms with Crippen LogP contribution in [0.15, 0.2) is 0 Å². The van der Waals surface area contributed by atoms with Crippen molar-refractivity contribution in [2.75, 3.05) is 33.2 Å². The van der Waals surface area contributed by atoms with Gasteiger partial charge in [0.15, 0.2) is 0 Å². The van der Waals surface area contributed by atoms with E-state index in [2.05, 4.69) is 24.1 Å². The van der Waals surface area contributed by atoms with E-state index in [1.165, 1.54) is 19.3 Å². The van der Waals surface area contributed by atoms with E-state index in [9.17, 15) is 4.79 Å². The minimum absolute atomic E-state index is 0.244. The van der Waals surface area contributed by atoms with Crippen LogP contribution in [0.3, 0.4) is 0 Å². The lowest BCUT2D eigenvalue weighted by molar-refractivity contribution is -0.132. The number of carbonyl (C=O) groups is 1. The van der Waals surface area contributed by atoms with Crippen molar-refractivity contribution in [1.29, 1.82) is 0 Å². The first-order valence-electron chi connectivity index (χ1n) is 7.31. The number of rotatable bonds is 6. The van der Waals surface area contributed by atoms with Crippen LogP contribution >= 0.6 is 0 Å². The smallest absolute Gasteiger partial charge is 0.236 e. The summed E-state index contributed by atoms with van der Waals surface area (Å²) in [4.78, 5) is 16.2. The van der Waals surface area contributed by atoms with Gasteiger partial charge in [-0.15, -0.1) is 0 Å². The lowest BCUT2D eigenvalue weighted by atomic mass is 9.96. The van der Waals surface area contributed by atoms with Gasteiger partial charge in [-0.25, -0.2) is 0 Å². The van der Waals surface area contributed by atoms with Crippen LogP contribution in [-0.4, -0.2) is 61.0 Å². The van der Waals surface area contributed by atoms with Crippen molar-refractivity contribution in [3.63, 3.8) is 0 Å². The van der Waals surface area contributed by atoms with E-state index in [1.807, 2.05) is 18.9 Å². The molecule has 1 amide bonds. The second-order valence-corrected chi connectivity index (χ2v) is 5.29. The molecule has 4 nitrogen and oxygen atoms in total. The van der Waals surface area contributed by atoms with Gasteiger partial charge in [-0.3, -0.25) is 9.69 Å². The molecule has 0 aromatic carbocycles. The van der Waals surface area contributed by atoms with Gasteiger partial charge in [-0.05, 0) is 39.8 Å². The summed E-state index contributed by atoms with van der Waals surface area (Å²) in [5.74, 6) is 0.244. The van der Waals surface area contributed by atoms with Crippen molar-refractivity contribution in [2.24, 2.45) is 0 Å². The lowest BCUT2D eigenvalue weighted by Gasteiger charge is -2.39. The topological polar surface area (TPSA) is 35.6 Å². The van der Waals surface area contributed by atoms with Gasteiger partial charge in [0, 0.05) is 25.7 Å². The van der Waals surface area contributed by atoms with Crippen LogP contribution in [0.5, 0.6) is 0 Å². The molecule has 1 N–H and O–H groups in total. The average Bonchev–Trinajstić information content (AvgIpc) is 2.38. The van der Waals surface area contributed by atoms with E-state index >= 15 is 0 Å². The normalized spacial score (nSPS) is 22.8. The van der Waals surface area contributed by atoms with Crippen molar-refractivity contribution in [3.05, 3.63) is 0 Å². The van der Waals surface area contributed by atoms with Gasteiger partial charge in [-0.1, -0.05) is 13.3 Å². The molecular formula is C14H29N3O. The lowest BCUT2D eigenvalue weighted by Crippen LogP contribution is -2.53. The van der Waals surface area contributed by atoms with Crippen LogP contribution in [0.2, 0.25) is 0 Å². The standard InChI is InChI=1S/C14H29N3O/c1-5-15-12(3)13-9-7-8-10-17(13)11-14(18)16(4)6-2/h12-13,15H,5-11H2,1-4H3. The van der Waals surface area contributed by atoms with E-state index < -0.39 is 0 Å². The zero-order valence-electron chi connectivity index (χ0n) is 12.4. The number of carbonyl (C=O) groups excluding carboxylic acids is 1. The maximum Gasteiger partial charge on any atom is 0.236 e. The number of hydrogen-bond donors (Lipinski definition) is 1. The highest BCUT2D eigenvalue weighted by atomic mass is 16.2. The molecule has 0 radical (unpaired) electrons. The highest BCUT2D eigenvalue weighted by Gasteiger charge is 2.28. The van der Waals surface area contributed by atoms with Gasteiger partial charge in [0.1, 0.15) is 0 Å². The summed E-state index contributed by atoms with van der Waals surface area (Å²) in [7, 11) is 1.88. The Bertz CT molecular complexity index is 257. The molecule has 1 rings (SSSR count). The summed E-state index contributed by atoms with van der Waals surface area (Å²) in [5.41, 5.74) is 0. The van der Waals surface area contributed by atoms with Gasteiger partial charge >= 0.3 is 0 Å². The summed E-state index contributed by atoms with van der Waals surface area (Å²) in [5, 5.41) is 3.50. The molecule has 2 unspecified atom stereocenters. The SMILES string of the molecule is CCNC(C)C1CCCCN1CC(=O)N(C)CC. The molecule has 0 aromatic rings. The van der Waals surface area contributed by atoms with Crippen LogP contribution in [0, 0.1) is 0 Å². The Balaban J connectivity index is 2.56. The van der Waals surface area contributed by atoms with E-state index in [4.69, 9.17) is 0 Å².